The van der Waals surface area contributed by atoms with Gasteiger partial charge in [-0.2, -0.15) is 0 Å². The maximum atomic E-state index is 5.46. The molecule has 0 aliphatic carbocycles. The number of methoxy groups -OCH3 is 1. The van der Waals surface area contributed by atoms with Crippen molar-refractivity contribution in [2.75, 3.05) is 7.11 Å². The lowest BCUT2D eigenvalue weighted by Crippen LogP contribution is -1.95. The highest BCUT2D eigenvalue weighted by atomic mass is 16.5. The highest BCUT2D eigenvalue weighted by Gasteiger charge is 2.09. The van der Waals surface area contributed by atoms with Crippen LogP contribution in [0.3, 0.4) is 0 Å². The molecular weight excluding hydrogens is 240 g/mol. The van der Waals surface area contributed by atoms with Gasteiger partial charge < -0.3 is 13.7 Å². The third kappa shape index (κ3) is 2.12. The first-order valence-corrected chi connectivity index (χ1v) is 6.01. The Morgan fingerprint density at radius 3 is 2.79 bits per heavy atom. The van der Waals surface area contributed by atoms with Gasteiger partial charge in [-0.1, -0.05) is 0 Å². The van der Waals surface area contributed by atoms with Crippen LogP contribution in [0, 0.1) is 6.92 Å². The highest BCUT2D eigenvalue weighted by molar-refractivity contribution is 5.64. The first kappa shape index (κ1) is 11.6. The predicted molar refractivity (Wildman–Crippen MR) is 72.6 cm³/mol. The zero-order chi connectivity index (χ0) is 13.2. The molecule has 0 fully saturated rings. The zero-order valence-corrected chi connectivity index (χ0v) is 10.8. The quantitative estimate of drug-likeness (QED) is 0.718. The molecule has 0 atom stereocenters. The van der Waals surface area contributed by atoms with Crippen molar-refractivity contribution in [3.05, 3.63) is 54.8 Å². The van der Waals surface area contributed by atoms with Gasteiger partial charge in [0.25, 0.3) is 0 Å². The van der Waals surface area contributed by atoms with Crippen molar-refractivity contribution in [1.29, 1.82) is 0 Å². The predicted octanol–water partition coefficient (Wildman–Crippen LogP) is 3.45. The lowest BCUT2D eigenvalue weighted by Gasteiger charge is -2.10. The molecule has 19 heavy (non-hydrogen) atoms. The van der Waals surface area contributed by atoms with Crippen LogP contribution in [0.1, 0.15) is 5.69 Å². The van der Waals surface area contributed by atoms with Crippen LogP contribution >= 0.6 is 0 Å². The average Bonchev–Trinajstić information content (AvgIpc) is 3.09. The fraction of sp³-hybridized carbons (Fsp3) is 0.133. The van der Waals surface area contributed by atoms with Crippen LogP contribution in [0.15, 0.2) is 53.5 Å². The fourth-order valence-corrected chi connectivity index (χ4v) is 2.04. The third-order valence-corrected chi connectivity index (χ3v) is 2.98. The molecule has 0 N–H and O–H groups in total. The van der Waals surface area contributed by atoms with Gasteiger partial charge in [0.05, 0.1) is 31.1 Å². The Balaban J connectivity index is 2.07. The minimum atomic E-state index is 0.784. The maximum absolute atomic E-state index is 5.46. The van der Waals surface area contributed by atoms with Gasteiger partial charge in [0, 0.05) is 11.8 Å². The molecule has 0 bridgehead atoms. The second-order valence-electron chi connectivity index (χ2n) is 4.29. The van der Waals surface area contributed by atoms with E-state index in [-0.39, 0.29) is 0 Å². The second kappa shape index (κ2) is 4.65. The summed E-state index contributed by atoms with van der Waals surface area (Å²) in [7, 11) is 1.66. The van der Waals surface area contributed by atoms with E-state index in [2.05, 4.69) is 4.98 Å². The van der Waals surface area contributed by atoms with Gasteiger partial charge in [-0.25, -0.2) is 4.98 Å². The molecule has 2 aromatic heterocycles. The van der Waals surface area contributed by atoms with Crippen LogP contribution < -0.4 is 4.74 Å². The van der Waals surface area contributed by atoms with Crippen LogP contribution in [0.5, 0.6) is 5.75 Å². The summed E-state index contributed by atoms with van der Waals surface area (Å²) in [6.07, 6.45) is 5.40. The van der Waals surface area contributed by atoms with E-state index < -0.39 is 0 Å². The summed E-state index contributed by atoms with van der Waals surface area (Å²) in [6, 6.07) is 9.76. The molecule has 0 spiro atoms. The van der Waals surface area contributed by atoms with Gasteiger partial charge in [-0.05, 0) is 37.3 Å². The van der Waals surface area contributed by atoms with Crippen LogP contribution in [-0.2, 0) is 0 Å². The molecule has 0 amide bonds. The van der Waals surface area contributed by atoms with Crippen molar-refractivity contribution >= 4 is 0 Å². The van der Waals surface area contributed by atoms with Gasteiger partial charge in [-0.3, -0.25) is 0 Å². The Labute approximate surface area is 111 Å². The SMILES string of the molecule is COc1cc(-c2ccco2)ccc1-n1cnc(C)c1. The standard InChI is InChI=1S/C15H14N2O2/c1-11-9-17(10-16-11)13-6-5-12(8-15(13)18-2)14-4-3-7-19-14/h3-10H,1-2H3. The van der Waals surface area contributed by atoms with Crippen molar-refractivity contribution in [3.8, 4) is 22.8 Å². The Morgan fingerprint density at radius 1 is 1.26 bits per heavy atom. The minimum Gasteiger partial charge on any atom is -0.495 e. The molecule has 4 heteroatoms. The molecule has 4 nitrogen and oxygen atoms in total. The van der Waals surface area contributed by atoms with E-state index in [1.165, 1.54) is 0 Å². The van der Waals surface area contributed by atoms with Crippen LogP contribution in [0.2, 0.25) is 0 Å². The molecular formula is C15H14N2O2. The lowest BCUT2D eigenvalue weighted by molar-refractivity contribution is 0.413. The van der Waals surface area contributed by atoms with Crippen molar-refractivity contribution in [3.63, 3.8) is 0 Å². The van der Waals surface area contributed by atoms with Gasteiger partial charge in [-0.15, -0.1) is 0 Å². The molecule has 0 aliphatic rings. The van der Waals surface area contributed by atoms with E-state index in [9.17, 15) is 0 Å². The van der Waals surface area contributed by atoms with Crippen molar-refractivity contribution in [1.82, 2.24) is 9.55 Å². The van der Waals surface area contributed by atoms with E-state index in [1.54, 1.807) is 19.7 Å². The molecule has 0 saturated heterocycles. The van der Waals surface area contributed by atoms with E-state index in [4.69, 9.17) is 9.15 Å². The molecule has 0 saturated carbocycles. The summed E-state index contributed by atoms with van der Waals surface area (Å²) in [5.41, 5.74) is 2.91. The second-order valence-corrected chi connectivity index (χ2v) is 4.29. The monoisotopic (exact) mass is 254 g/mol. The number of furan rings is 1. The number of hydrogen-bond acceptors (Lipinski definition) is 3. The van der Waals surface area contributed by atoms with Crippen LogP contribution in [-0.4, -0.2) is 16.7 Å². The Kier molecular flexibility index (Phi) is 2.83. The van der Waals surface area contributed by atoms with E-state index in [0.29, 0.717) is 0 Å². The molecule has 0 unspecified atom stereocenters. The molecule has 2 heterocycles. The van der Waals surface area contributed by atoms with E-state index >= 15 is 0 Å². The number of benzene rings is 1. The van der Waals surface area contributed by atoms with E-state index in [1.807, 2.05) is 48.0 Å². The third-order valence-electron chi connectivity index (χ3n) is 2.98. The molecule has 96 valence electrons. The number of aromatic nitrogens is 2. The molecule has 0 aliphatic heterocycles. The molecule has 3 rings (SSSR count). The molecule has 0 radical (unpaired) electrons. The number of nitrogens with zero attached hydrogens (tertiary/aromatic N) is 2. The fourth-order valence-electron chi connectivity index (χ4n) is 2.04. The summed E-state index contributed by atoms with van der Waals surface area (Å²) < 4.78 is 12.8. The van der Waals surface area contributed by atoms with Gasteiger partial charge in [0.15, 0.2) is 0 Å². The molecule has 1 aromatic carbocycles. The van der Waals surface area contributed by atoms with E-state index in [0.717, 1.165) is 28.5 Å². The lowest BCUT2D eigenvalue weighted by atomic mass is 10.1. The summed E-state index contributed by atoms with van der Waals surface area (Å²) in [5, 5.41) is 0. The van der Waals surface area contributed by atoms with Gasteiger partial charge in [0.2, 0.25) is 0 Å². The van der Waals surface area contributed by atoms with Crippen LogP contribution in [0.4, 0.5) is 0 Å². The van der Waals surface area contributed by atoms with Crippen molar-refractivity contribution in [2.24, 2.45) is 0 Å². The number of rotatable bonds is 3. The number of ether oxygens (including phenoxy) is 1. The average molecular weight is 254 g/mol. The first-order valence-electron chi connectivity index (χ1n) is 6.01. The Bertz CT molecular complexity index is 684. The smallest absolute Gasteiger partial charge is 0.143 e. The summed E-state index contributed by atoms with van der Waals surface area (Å²) >= 11 is 0. The Hall–Kier alpha value is -2.49. The largest absolute Gasteiger partial charge is 0.495 e. The zero-order valence-electron chi connectivity index (χ0n) is 10.8. The summed E-state index contributed by atoms with van der Waals surface area (Å²) in [4.78, 5) is 4.23. The highest BCUT2D eigenvalue weighted by Crippen LogP contribution is 2.29. The Morgan fingerprint density at radius 2 is 2.16 bits per heavy atom. The number of aryl methyl sites for hydroxylation is 1. The maximum Gasteiger partial charge on any atom is 0.143 e. The number of imidazole rings is 1. The normalized spacial score (nSPS) is 10.6. The summed E-state index contributed by atoms with van der Waals surface area (Å²) in [6.45, 7) is 1.96. The van der Waals surface area contributed by atoms with Crippen molar-refractivity contribution in [2.45, 2.75) is 6.92 Å². The topological polar surface area (TPSA) is 40.2 Å². The van der Waals surface area contributed by atoms with Crippen molar-refractivity contribution < 1.29 is 9.15 Å². The van der Waals surface area contributed by atoms with Gasteiger partial charge >= 0.3 is 0 Å². The molecule has 3 aromatic rings. The number of hydrogen-bond donors (Lipinski definition) is 0. The minimum absolute atomic E-state index is 0.784. The van der Waals surface area contributed by atoms with Crippen LogP contribution in [0.25, 0.3) is 17.0 Å². The first-order chi connectivity index (χ1) is 9.28. The summed E-state index contributed by atoms with van der Waals surface area (Å²) in [5.74, 6) is 1.61. The van der Waals surface area contributed by atoms with Gasteiger partial charge in [0.1, 0.15) is 11.5 Å².